The highest BCUT2D eigenvalue weighted by atomic mass is 15.2. The summed E-state index contributed by atoms with van der Waals surface area (Å²) >= 11 is 0. The Balaban J connectivity index is 0.000000137. The van der Waals surface area contributed by atoms with Gasteiger partial charge in [-0.25, -0.2) is 0 Å². The first-order valence-electron chi connectivity index (χ1n) is 8.14. The molecule has 2 unspecified atom stereocenters. The van der Waals surface area contributed by atoms with Crippen LogP contribution in [-0.2, 0) is 0 Å². The lowest BCUT2D eigenvalue weighted by Crippen LogP contribution is -2.76. The molecule has 1 aliphatic carbocycles. The predicted molar refractivity (Wildman–Crippen MR) is 75.9 cm³/mol. The summed E-state index contributed by atoms with van der Waals surface area (Å²) in [6.07, 6.45) is 11.8. The molecule has 4 fully saturated rings. The summed E-state index contributed by atoms with van der Waals surface area (Å²) in [5.74, 6) is 0. The second-order valence-corrected chi connectivity index (χ2v) is 6.42. The molecule has 0 spiro atoms. The summed E-state index contributed by atoms with van der Waals surface area (Å²) < 4.78 is 0. The van der Waals surface area contributed by atoms with E-state index in [1.807, 2.05) is 0 Å². The molecule has 4 rings (SSSR count). The second kappa shape index (κ2) is 6.36. The monoisotopic (exact) mass is 251 g/mol. The Morgan fingerprint density at radius 2 is 1.22 bits per heavy atom. The molecule has 2 atom stereocenters. The Kier molecular flexibility index (Phi) is 4.55. The fourth-order valence-corrected chi connectivity index (χ4v) is 3.68. The van der Waals surface area contributed by atoms with Crippen molar-refractivity contribution in [3.8, 4) is 0 Å². The van der Waals surface area contributed by atoms with Crippen LogP contribution in [0.1, 0.15) is 51.4 Å². The van der Waals surface area contributed by atoms with Gasteiger partial charge < -0.3 is 15.5 Å². The Morgan fingerprint density at radius 1 is 0.667 bits per heavy atom. The van der Waals surface area contributed by atoms with Crippen LogP contribution in [0.25, 0.3) is 0 Å². The molecule has 2 N–H and O–H groups in total. The summed E-state index contributed by atoms with van der Waals surface area (Å²) in [7, 11) is 0. The van der Waals surface area contributed by atoms with Crippen molar-refractivity contribution in [2.24, 2.45) is 0 Å². The Labute approximate surface area is 112 Å². The van der Waals surface area contributed by atoms with E-state index in [1.165, 1.54) is 77.5 Å². The predicted octanol–water partition coefficient (Wildman–Crippen LogP) is 1.74. The third-order valence-corrected chi connectivity index (χ3v) is 5.17. The van der Waals surface area contributed by atoms with Crippen molar-refractivity contribution in [1.82, 2.24) is 15.5 Å². The van der Waals surface area contributed by atoms with Crippen LogP contribution in [0.3, 0.4) is 0 Å². The number of likely N-dealkylation sites (tertiary alicyclic amines) is 1. The molecule has 4 aliphatic rings. The highest BCUT2D eigenvalue weighted by Crippen LogP contribution is 2.24. The minimum absolute atomic E-state index is 0.852. The number of nitrogens with zero attached hydrogens (tertiary/aromatic N) is 1. The van der Waals surface area contributed by atoms with E-state index in [2.05, 4.69) is 15.5 Å². The molecular formula is C15H29N3. The fraction of sp³-hybridized carbons (Fsp3) is 1.00. The van der Waals surface area contributed by atoms with E-state index in [0.29, 0.717) is 0 Å². The summed E-state index contributed by atoms with van der Waals surface area (Å²) in [6, 6.07) is 2.68. The van der Waals surface area contributed by atoms with Crippen molar-refractivity contribution in [2.75, 3.05) is 26.2 Å². The van der Waals surface area contributed by atoms with Crippen LogP contribution in [0.5, 0.6) is 0 Å². The van der Waals surface area contributed by atoms with Gasteiger partial charge in [-0.05, 0) is 38.8 Å². The van der Waals surface area contributed by atoms with E-state index in [1.54, 1.807) is 0 Å². The first kappa shape index (κ1) is 12.9. The molecule has 3 aliphatic heterocycles. The maximum atomic E-state index is 3.28. The summed E-state index contributed by atoms with van der Waals surface area (Å²) in [5, 5.41) is 6.56. The van der Waals surface area contributed by atoms with Crippen LogP contribution < -0.4 is 10.6 Å². The SMILES string of the molecule is C1CCC(N2CCCCC2)CC1.C1NC2CNC12. The van der Waals surface area contributed by atoms with Gasteiger partial charge in [0, 0.05) is 31.2 Å². The van der Waals surface area contributed by atoms with Gasteiger partial charge in [-0.1, -0.05) is 25.7 Å². The van der Waals surface area contributed by atoms with Gasteiger partial charge in [-0.3, -0.25) is 0 Å². The molecular weight excluding hydrogens is 222 g/mol. The van der Waals surface area contributed by atoms with Gasteiger partial charge in [0.1, 0.15) is 0 Å². The molecule has 0 bridgehead atoms. The van der Waals surface area contributed by atoms with Crippen LogP contribution in [0.2, 0.25) is 0 Å². The van der Waals surface area contributed by atoms with Gasteiger partial charge in [0.25, 0.3) is 0 Å². The smallest absolute Gasteiger partial charge is 0.0359 e. The van der Waals surface area contributed by atoms with E-state index in [4.69, 9.17) is 0 Å². The van der Waals surface area contributed by atoms with Crippen molar-refractivity contribution < 1.29 is 0 Å². The van der Waals surface area contributed by atoms with E-state index in [0.717, 1.165) is 18.1 Å². The van der Waals surface area contributed by atoms with Crippen LogP contribution in [-0.4, -0.2) is 49.2 Å². The van der Waals surface area contributed by atoms with Crippen LogP contribution in [0.4, 0.5) is 0 Å². The summed E-state index contributed by atoms with van der Waals surface area (Å²) in [5.41, 5.74) is 0. The molecule has 104 valence electrons. The van der Waals surface area contributed by atoms with Crippen molar-refractivity contribution in [2.45, 2.75) is 69.5 Å². The average Bonchev–Trinajstić information content (AvgIpc) is 2.45. The third kappa shape index (κ3) is 3.06. The third-order valence-electron chi connectivity index (χ3n) is 5.17. The second-order valence-electron chi connectivity index (χ2n) is 6.42. The molecule has 3 heteroatoms. The van der Waals surface area contributed by atoms with Gasteiger partial charge in [0.2, 0.25) is 0 Å². The lowest BCUT2D eigenvalue weighted by atomic mass is 9.93. The van der Waals surface area contributed by atoms with E-state index >= 15 is 0 Å². The number of piperidine rings is 1. The quantitative estimate of drug-likeness (QED) is 0.743. The normalized spacial score (nSPS) is 36.7. The first-order chi connectivity index (χ1) is 8.93. The number of fused-ring (bicyclic) bond motifs is 1. The number of rotatable bonds is 1. The number of piperazine rings is 1. The molecule has 18 heavy (non-hydrogen) atoms. The van der Waals surface area contributed by atoms with Crippen molar-refractivity contribution in [1.29, 1.82) is 0 Å². The maximum Gasteiger partial charge on any atom is 0.0359 e. The Morgan fingerprint density at radius 3 is 1.67 bits per heavy atom. The molecule has 0 aromatic rings. The minimum atomic E-state index is 0.852. The molecule has 0 aromatic carbocycles. The van der Waals surface area contributed by atoms with Gasteiger partial charge in [0.15, 0.2) is 0 Å². The molecule has 1 saturated carbocycles. The largest absolute Gasteiger partial charge is 0.310 e. The molecule has 0 radical (unpaired) electrons. The highest BCUT2D eigenvalue weighted by Gasteiger charge is 2.37. The molecule has 0 amide bonds. The first-order valence-corrected chi connectivity index (χ1v) is 8.14. The van der Waals surface area contributed by atoms with Crippen LogP contribution in [0, 0.1) is 0 Å². The number of hydrogen-bond acceptors (Lipinski definition) is 3. The Bertz CT molecular complexity index is 210. The van der Waals surface area contributed by atoms with Crippen molar-refractivity contribution in [3.63, 3.8) is 0 Å². The van der Waals surface area contributed by atoms with E-state index in [-0.39, 0.29) is 0 Å². The maximum absolute atomic E-state index is 3.28. The Hall–Kier alpha value is -0.120. The zero-order valence-electron chi connectivity index (χ0n) is 11.7. The molecule has 3 saturated heterocycles. The molecule has 0 aromatic heterocycles. The zero-order valence-corrected chi connectivity index (χ0v) is 11.7. The fourth-order valence-electron chi connectivity index (χ4n) is 3.68. The lowest BCUT2D eigenvalue weighted by molar-refractivity contribution is 0.131. The highest BCUT2D eigenvalue weighted by molar-refractivity contribution is 5.03. The summed E-state index contributed by atoms with van der Waals surface area (Å²) in [4.78, 5) is 2.75. The zero-order chi connectivity index (χ0) is 12.2. The van der Waals surface area contributed by atoms with E-state index in [9.17, 15) is 0 Å². The van der Waals surface area contributed by atoms with Crippen LogP contribution in [0.15, 0.2) is 0 Å². The van der Waals surface area contributed by atoms with Gasteiger partial charge in [-0.15, -0.1) is 0 Å². The average molecular weight is 251 g/mol. The molecule has 3 nitrogen and oxygen atoms in total. The van der Waals surface area contributed by atoms with Gasteiger partial charge in [0.05, 0.1) is 0 Å². The van der Waals surface area contributed by atoms with Crippen molar-refractivity contribution >= 4 is 0 Å². The van der Waals surface area contributed by atoms with E-state index < -0.39 is 0 Å². The minimum Gasteiger partial charge on any atom is -0.310 e. The number of nitrogens with one attached hydrogen (secondary N) is 2. The van der Waals surface area contributed by atoms with Gasteiger partial charge >= 0.3 is 0 Å². The lowest BCUT2D eigenvalue weighted by Gasteiger charge is -2.48. The topological polar surface area (TPSA) is 27.3 Å². The number of hydrogen-bond donors (Lipinski definition) is 2. The molecule has 3 heterocycles. The summed E-state index contributed by atoms with van der Waals surface area (Å²) in [6.45, 7) is 5.19. The van der Waals surface area contributed by atoms with Crippen LogP contribution >= 0.6 is 0 Å². The standard InChI is InChI=1S/C11H21N.C4H8N2/c1-3-7-11(8-4-1)12-9-5-2-6-10-12;1-3-4(5-1)2-6-3/h11H,1-10H2;3-6H,1-2H2. The van der Waals surface area contributed by atoms with Crippen molar-refractivity contribution in [3.05, 3.63) is 0 Å². The van der Waals surface area contributed by atoms with Gasteiger partial charge in [-0.2, -0.15) is 0 Å².